The number of hydrogen-bond donors (Lipinski definition) is 2. The molecular formula is C10H17NO3. The van der Waals surface area contributed by atoms with Crippen molar-refractivity contribution in [2.75, 3.05) is 20.3 Å². The number of nitrogens with one attached hydrogen (secondary N) is 1. The summed E-state index contributed by atoms with van der Waals surface area (Å²) < 4.78 is 4.90. The summed E-state index contributed by atoms with van der Waals surface area (Å²) in [5.41, 5.74) is 0. The molecule has 0 aliphatic carbocycles. The first-order chi connectivity index (χ1) is 6.75. The van der Waals surface area contributed by atoms with Crippen molar-refractivity contribution in [1.82, 2.24) is 5.32 Å². The smallest absolute Gasteiger partial charge is 0.308 e. The van der Waals surface area contributed by atoms with Crippen LogP contribution >= 0.6 is 0 Å². The van der Waals surface area contributed by atoms with Crippen LogP contribution in [0.25, 0.3) is 0 Å². The Balaban J connectivity index is 2.48. The minimum Gasteiger partial charge on any atom is -0.481 e. The normalized spacial score (nSPS) is 23.4. The third-order valence-corrected chi connectivity index (χ3v) is 2.49. The molecule has 0 aromatic carbocycles. The Hall–Kier alpha value is -0.870. The molecule has 14 heavy (non-hydrogen) atoms. The van der Waals surface area contributed by atoms with Crippen molar-refractivity contribution >= 4 is 5.97 Å². The van der Waals surface area contributed by atoms with Gasteiger partial charge in [-0.25, -0.2) is 0 Å². The van der Waals surface area contributed by atoms with Gasteiger partial charge in [0.15, 0.2) is 0 Å². The number of aliphatic carboxylic acids is 1. The monoisotopic (exact) mass is 199 g/mol. The topological polar surface area (TPSA) is 58.6 Å². The van der Waals surface area contributed by atoms with E-state index in [0.717, 1.165) is 13.0 Å². The number of ether oxygens (including phenoxy) is 1. The van der Waals surface area contributed by atoms with Crippen molar-refractivity contribution in [2.24, 2.45) is 5.92 Å². The lowest BCUT2D eigenvalue weighted by Crippen LogP contribution is -2.42. The van der Waals surface area contributed by atoms with Crippen LogP contribution in [0.1, 0.15) is 12.8 Å². The fraction of sp³-hybridized carbons (Fsp3) is 0.700. The highest BCUT2D eigenvalue weighted by Crippen LogP contribution is 2.15. The van der Waals surface area contributed by atoms with Gasteiger partial charge in [0, 0.05) is 26.3 Å². The third-order valence-electron chi connectivity index (χ3n) is 2.49. The van der Waals surface area contributed by atoms with Crippen LogP contribution in [0.5, 0.6) is 0 Å². The second-order valence-electron chi connectivity index (χ2n) is 3.45. The van der Waals surface area contributed by atoms with Gasteiger partial charge in [-0.2, -0.15) is 0 Å². The van der Waals surface area contributed by atoms with E-state index in [1.807, 2.05) is 12.2 Å². The number of rotatable bonds is 5. The minimum atomic E-state index is -0.741. The number of carboxylic acids is 1. The van der Waals surface area contributed by atoms with E-state index in [2.05, 4.69) is 5.32 Å². The molecular weight excluding hydrogens is 182 g/mol. The SMILES string of the molecule is COCCC(C(=O)O)C1CC=CCN1. The minimum absolute atomic E-state index is 0.0487. The highest BCUT2D eigenvalue weighted by atomic mass is 16.5. The molecule has 0 spiro atoms. The van der Waals surface area contributed by atoms with Gasteiger partial charge in [-0.15, -0.1) is 0 Å². The molecule has 1 aliphatic rings. The zero-order chi connectivity index (χ0) is 10.4. The van der Waals surface area contributed by atoms with Crippen LogP contribution in [0.4, 0.5) is 0 Å². The summed E-state index contributed by atoms with van der Waals surface area (Å²) >= 11 is 0. The standard InChI is InChI=1S/C10H17NO3/c1-14-7-5-8(10(12)13)9-4-2-3-6-11-9/h2-3,8-9,11H,4-7H2,1H3,(H,12,13). The lowest BCUT2D eigenvalue weighted by Gasteiger charge is -2.25. The Bertz CT molecular complexity index is 215. The van der Waals surface area contributed by atoms with Crippen LogP contribution in [0.15, 0.2) is 12.2 Å². The van der Waals surface area contributed by atoms with Crippen molar-refractivity contribution in [3.63, 3.8) is 0 Å². The number of carbonyl (C=O) groups is 1. The Kier molecular flexibility index (Phi) is 4.62. The van der Waals surface area contributed by atoms with Gasteiger partial charge in [0.05, 0.1) is 5.92 Å². The average Bonchev–Trinajstić information content (AvgIpc) is 2.19. The van der Waals surface area contributed by atoms with Crippen molar-refractivity contribution in [3.8, 4) is 0 Å². The molecule has 2 unspecified atom stereocenters. The number of hydrogen-bond acceptors (Lipinski definition) is 3. The Morgan fingerprint density at radius 1 is 1.71 bits per heavy atom. The second kappa shape index (κ2) is 5.78. The Labute approximate surface area is 83.9 Å². The molecule has 4 heteroatoms. The average molecular weight is 199 g/mol. The maximum absolute atomic E-state index is 11.0. The summed E-state index contributed by atoms with van der Waals surface area (Å²) in [5.74, 6) is -1.09. The summed E-state index contributed by atoms with van der Waals surface area (Å²) in [4.78, 5) is 11.0. The molecule has 0 saturated carbocycles. The van der Waals surface area contributed by atoms with E-state index in [0.29, 0.717) is 13.0 Å². The molecule has 0 aromatic rings. The molecule has 0 amide bonds. The van der Waals surface area contributed by atoms with Crippen LogP contribution in [-0.4, -0.2) is 37.4 Å². The molecule has 0 aromatic heterocycles. The van der Waals surface area contributed by atoms with Crippen LogP contribution in [0, 0.1) is 5.92 Å². The van der Waals surface area contributed by atoms with E-state index >= 15 is 0 Å². The first-order valence-corrected chi connectivity index (χ1v) is 4.86. The van der Waals surface area contributed by atoms with Crippen LogP contribution in [0.3, 0.4) is 0 Å². The first-order valence-electron chi connectivity index (χ1n) is 4.86. The number of carboxylic acid groups (broad SMARTS) is 1. The quantitative estimate of drug-likeness (QED) is 0.638. The third kappa shape index (κ3) is 3.12. The highest BCUT2D eigenvalue weighted by molar-refractivity contribution is 5.71. The molecule has 0 saturated heterocycles. The van der Waals surface area contributed by atoms with Crippen LogP contribution in [-0.2, 0) is 9.53 Å². The van der Waals surface area contributed by atoms with Crippen molar-refractivity contribution in [2.45, 2.75) is 18.9 Å². The summed E-state index contributed by atoms with van der Waals surface area (Å²) in [5, 5.41) is 12.2. The van der Waals surface area contributed by atoms with E-state index in [-0.39, 0.29) is 12.0 Å². The van der Waals surface area contributed by atoms with E-state index in [9.17, 15) is 4.79 Å². The largest absolute Gasteiger partial charge is 0.481 e. The predicted octanol–water partition coefficient (Wildman–Crippen LogP) is 0.642. The molecule has 4 nitrogen and oxygen atoms in total. The summed E-state index contributed by atoms with van der Waals surface area (Å²) in [6, 6.07) is 0.0487. The molecule has 2 N–H and O–H groups in total. The van der Waals surface area contributed by atoms with E-state index in [1.54, 1.807) is 7.11 Å². The van der Waals surface area contributed by atoms with Gasteiger partial charge in [0.25, 0.3) is 0 Å². The van der Waals surface area contributed by atoms with Gasteiger partial charge in [-0.1, -0.05) is 12.2 Å². The van der Waals surface area contributed by atoms with Crippen LogP contribution in [0.2, 0.25) is 0 Å². The maximum Gasteiger partial charge on any atom is 0.308 e. The van der Waals surface area contributed by atoms with E-state index in [1.165, 1.54) is 0 Å². The highest BCUT2D eigenvalue weighted by Gasteiger charge is 2.27. The molecule has 0 radical (unpaired) electrons. The van der Waals surface area contributed by atoms with Gasteiger partial charge in [-0.05, 0) is 12.8 Å². The molecule has 2 atom stereocenters. The van der Waals surface area contributed by atoms with Crippen molar-refractivity contribution in [3.05, 3.63) is 12.2 Å². The van der Waals surface area contributed by atoms with Crippen LogP contribution < -0.4 is 5.32 Å². The fourth-order valence-electron chi connectivity index (χ4n) is 1.68. The fourth-order valence-corrected chi connectivity index (χ4v) is 1.68. The van der Waals surface area contributed by atoms with Gasteiger partial charge in [-0.3, -0.25) is 4.79 Å². The van der Waals surface area contributed by atoms with Gasteiger partial charge >= 0.3 is 5.97 Å². The Morgan fingerprint density at radius 2 is 2.50 bits per heavy atom. The van der Waals surface area contributed by atoms with Crippen molar-refractivity contribution < 1.29 is 14.6 Å². The van der Waals surface area contributed by atoms with Gasteiger partial charge in [0.2, 0.25) is 0 Å². The summed E-state index contributed by atoms with van der Waals surface area (Å²) in [6.45, 7) is 1.26. The Morgan fingerprint density at radius 3 is 3.00 bits per heavy atom. The lowest BCUT2D eigenvalue weighted by molar-refractivity contribution is -0.143. The molecule has 1 rings (SSSR count). The molecule has 0 bridgehead atoms. The molecule has 80 valence electrons. The molecule has 1 heterocycles. The first kappa shape index (κ1) is 11.2. The lowest BCUT2D eigenvalue weighted by atomic mass is 9.92. The number of methoxy groups -OCH3 is 1. The molecule has 0 fully saturated rings. The predicted molar refractivity (Wildman–Crippen MR) is 53.2 cm³/mol. The zero-order valence-electron chi connectivity index (χ0n) is 8.40. The van der Waals surface area contributed by atoms with E-state index in [4.69, 9.17) is 9.84 Å². The van der Waals surface area contributed by atoms with Gasteiger partial charge < -0.3 is 15.2 Å². The van der Waals surface area contributed by atoms with Gasteiger partial charge in [0.1, 0.15) is 0 Å². The van der Waals surface area contributed by atoms with E-state index < -0.39 is 5.97 Å². The summed E-state index contributed by atoms with van der Waals surface area (Å²) in [6.07, 6.45) is 5.41. The zero-order valence-corrected chi connectivity index (χ0v) is 8.40. The molecule has 1 aliphatic heterocycles. The maximum atomic E-state index is 11.0. The van der Waals surface area contributed by atoms with Crippen molar-refractivity contribution in [1.29, 1.82) is 0 Å². The second-order valence-corrected chi connectivity index (χ2v) is 3.45. The summed E-state index contributed by atoms with van der Waals surface area (Å²) in [7, 11) is 1.59.